The van der Waals surface area contributed by atoms with Gasteiger partial charge in [0.25, 0.3) is 0 Å². The summed E-state index contributed by atoms with van der Waals surface area (Å²) in [5, 5.41) is 3.14. The number of nitrogens with one attached hydrogen (secondary N) is 1. The average molecular weight is 296 g/mol. The lowest BCUT2D eigenvalue weighted by Gasteiger charge is -2.36. The first-order valence-corrected chi connectivity index (χ1v) is 8.75. The van der Waals surface area contributed by atoms with E-state index in [1.807, 2.05) is 26.0 Å². The Morgan fingerprint density at radius 3 is 2.65 bits per heavy atom. The van der Waals surface area contributed by atoms with Gasteiger partial charge in [0.15, 0.2) is 0 Å². The number of anilines is 1. The Bertz CT molecular complexity index is 557. The van der Waals surface area contributed by atoms with Crippen molar-refractivity contribution in [2.75, 3.05) is 18.4 Å². The van der Waals surface area contributed by atoms with Gasteiger partial charge in [-0.05, 0) is 44.7 Å². The predicted octanol–water partition coefficient (Wildman–Crippen LogP) is 2.93. The molecule has 0 bridgehead atoms. The van der Waals surface area contributed by atoms with Gasteiger partial charge in [-0.15, -0.1) is 0 Å². The average Bonchev–Trinajstić information content (AvgIpc) is 2.42. The van der Waals surface area contributed by atoms with Crippen LogP contribution in [0.1, 0.15) is 33.6 Å². The monoisotopic (exact) mass is 296 g/mol. The van der Waals surface area contributed by atoms with E-state index in [4.69, 9.17) is 0 Å². The lowest BCUT2D eigenvalue weighted by molar-refractivity contribution is 0.218. The second kappa shape index (κ2) is 6.14. The van der Waals surface area contributed by atoms with Crippen LogP contribution in [0.3, 0.4) is 0 Å². The molecule has 0 saturated carbocycles. The maximum atomic E-state index is 12.9. The SMILES string of the molecule is CCNc1ccccc1S(=O)(=O)N1CC(C)CCC1C. The maximum Gasteiger partial charge on any atom is 0.245 e. The Hall–Kier alpha value is -1.07. The number of hydrogen-bond acceptors (Lipinski definition) is 3. The van der Waals surface area contributed by atoms with E-state index in [-0.39, 0.29) is 6.04 Å². The summed E-state index contributed by atoms with van der Waals surface area (Å²) in [5.74, 6) is 0.423. The molecule has 2 unspecified atom stereocenters. The van der Waals surface area contributed by atoms with Gasteiger partial charge in [-0.2, -0.15) is 4.31 Å². The molecule has 1 aliphatic heterocycles. The first-order valence-electron chi connectivity index (χ1n) is 7.31. The summed E-state index contributed by atoms with van der Waals surface area (Å²) in [4.78, 5) is 0.391. The fourth-order valence-electron chi connectivity index (χ4n) is 2.74. The Kier molecular flexibility index (Phi) is 4.70. The molecule has 4 nitrogen and oxygen atoms in total. The van der Waals surface area contributed by atoms with Gasteiger partial charge in [-0.25, -0.2) is 8.42 Å². The van der Waals surface area contributed by atoms with Crippen LogP contribution < -0.4 is 5.32 Å². The number of benzene rings is 1. The van der Waals surface area contributed by atoms with E-state index in [0.29, 0.717) is 29.6 Å². The number of hydrogen-bond donors (Lipinski definition) is 1. The Labute approximate surface area is 122 Å². The number of rotatable bonds is 4. The highest BCUT2D eigenvalue weighted by Crippen LogP contribution is 2.31. The fourth-order valence-corrected chi connectivity index (χ4v) is 4.69. The van der Waals surface area contributed by atoms with Gasteiger partial charge < -0.3 is 5.32 Å². The van der Waals surface area contributed by atoms with Gasteiger partial charge in [0.2, 0.25) is 10.0 Å². The lowest BCUT2D eigenvalue weighted by atomic mass is 9.97. The molecule has 1 aromatic rings. The fraction of sp³-hybridized carbons (Fsp3) is 0.600. The van der Waals surface area contributed by atoms with Crippen molar-refractivity contribution >= 4 is 15.7 Å². The highest BCUT2D eigenvalue weighted by atomic mass is 32.2. The first-order chi connectivity index (χ1) is 9.46. The molecule has 5 heteroatoms. The van der Waals surface area contributed by atoms with Crippen LogP contribution in [0.2, 0.25) is 0 Å². The van der Waals surface area contributed by atoms with Crippen molar-refractivity contribution in [3.63, 3.8) is 0 Å². The standard InChI is InChI=1S/C15H24N2O2S/c1-4-16-14-7-5-6-8-15(14)20(18,19)17-11-12(2)9-10-13(17)3/h5-8,12-13,16H,4,9-11H2,1-3H3. The van der Waals surface area contributed by atoms with E-state index in [1.165, 1.54) is 0 Å². The molecule has 112 valence electrons. The molecule has 20 heavy (non-hydrogen) atoms. The minimum Gasteiger partial charge on any atom is -0.384 e. The molecule has 1 aliphatic rings. The van der Waals surface area contributed by atoms with Crippen molar-refractivity contribution in [2.24, 2.45) is 5.92 Å². The zero-order valence-electron chi connectivity index (χ0n) is 12.5. The van der Waals surface area contributed by atoms with Gasteiger partial charge in [-0.3, -0.25) is 0 Å². The summed E-state index contributed by atoms with van der Waals surface area (Å²) < 4.78 is 27.5. The van der Waals surface area contributed by atoms with Crippen LogP contribution >= 0.6 is 0 Å². The van der Waals surface area contributed by atoms with Crippen LogP contribution in [-0.4, -0.2) is 31.9 Å². The topological polar surface area (TPSA) is 49.4 Å². The molecule has 0 aliphatic carbocycles. The molecular weight excluding hydrogens is 272 g/mol. The van der Waals surface area contributed by atoms with Crippen molar-refractivity contribution in [1.82, 2.24) is 4.31 Å². The summed E-state index contributed by atoms with van der Waals surface area (Å²) in [5.41, 5.74) is 0.695. The van der Waals surface area contributed by atoms with Crippen molar-refractivity contribution in [3.05, 3.63) is 24.3 Å². The molecule has 0 amide bonds. The van der Waals surface area contributed by atoms with E-state index in [0.717, 1.165) is 12.8 Å². The molecule has 1 aromatic carbocycles. The zero-order chi connectivity index (χ0) is 14.8. The molecule has 0 spiro atoms. The molecule has 2 atom stereocenters. The Morgan fingerprint density at radius 1 is 1.25 bits per heavy atom. The Balaban J connectivity index is 2.39. The first kappa shape index (κ1) is 15.3. The minimum atomic E-state index is -3.43. The van der Waals surface area contributed by atoms with Crippen LogP contribution in [-0.2, 0) is 10.0 Å². The zero-order valence-corrected chi connectivity index (χ0v) is 13.3. The van der Waals surface area contributed by atoms with E-state index in [1.54, 1.807) is 16.4 Å². The van der Waals surface area contributed by atoms with Crippen molar-refractivity contribution in [3.8, 4) is 0 Å². The molecule has 0 aromatic heterocycles. The molecule has 1 saturated heterocycles. The molecule has 2 rings (SSSR count). The van der Waals surface area contributed by atoms with Crippen LogP contribution in [0.15, 0.2) is 29.2 Å². The summed E-state index contributed by atoms with van der Waals surface area (Å²) >= 11 is 0. The highest BCUT2D eigenvalue weighted by molar-refractivity contribution is 7.89. The van der Waals surface area contributed by atoms with Crippen molar-refractivity contribution < 1.29 is 8.42 Å². The van der Waals surface area contributed by atoms with Crippen molar-refractivity contribution in [1.29, 1.82) is 0 Å². The second-order valence-corrected chi connectivity index (χ2v) is 7.49. The van der Waals surface area contributed by atoms with Gasteiger partial charge in [-0.1, -0.05) is 19.1 Å². The molecule has 1 fully saturated rings. The van der Waals surface area contributed by atoms with Crippen LogP contribution in [0.25, 0.3) is 0 Å². The number of para-hydroxylation sites is 1. The third-order valence-electron chi connectivity index (χ3n) is 3.90. The van der Waals surface area contributed by atoms with Gasteiger partial charge in [0, 0.05) is 19.1 Å². The molecular formula is C15H24N2O2S. The van der Waals surface area contributed by atoms with E-state index >= 15 is 0 Å². The summed E-state index contributed by atoms with van der Waals surface area (Å²) in [6.45, 7) is 7.40. The summed E-state index contributed by atoms with van der Waals surface area (Å²) in [7, 11) is -3.43. The van der Waals surface area contributed by atoms with Gasteiger partial charge in [0.1, 0.15) is 4.90 Å². The summed E-state index contributed by atoms with van der Waals surface area (Å²) in [6, 6.07) is 7.24. The van der Waals surface area contributed by atoms with Crippen LogP contribution in [0, 0.1) is 5.92 Å². The molecule has 0 radical (unpaired) electrons. The minimum absolute atomic E-state index is 0.0749. The van der Waals surface area contributed by atoms with Crippen molar-refractivity contribution in [2.45, 2.75) is 44.6 Å². The number of sulfonamides is 1. The lowest BCUT2D eigenvalue weighted by Crippen LogP contribution is -2.44. The maximum absolute atomic E-state index is 12.9. The normalized spacial score (nSPS) is 24.6. The van der Waals surface area contributed by atoms with Crippen LogP contribution in [0.5, 0.6) is 0 Å². The van der Waals surface area contributed by atoms with E-state index in [2.05, 4.69) is 12.2 Å². The summed E-state index contributed by atoms with van der Waals surface area (Å²) in [6.07, 6.45) is 2.03. The third-order valence-corrected chi connectivity index (χ3v) is 5.94. The van der Waals surface area contributed by atoms with Gasteiger partial charge in [0.05, 0.1) is 5.69 Å². The predicted molar refractivity (Wildman–Crippen MR) is 82.4 cm³/mol. The quantitative estimate of drug-likeness (QED) is 0.929. The van der Waals surface area contributed by atoms with E-state index in [9.17, 15) is 8.42 Å². The Morgan fingerprint density at radius 2 is 1.95 bits per heavy atom. The van der Waals surface area contributed by atoms with E-state index < -0.39 is 10.0 Å². The number of nitrogens with zero attached hydrogens (tertiary/aromatic N) is 1. The molecule has 1 N–H and O–H groups in total. The van der Waals surface area contributed by atoms with Gasteiger partial charge >= 0.3 is 0 Å². The largest absolute Gasteiger partial charge is 0.384 e. The smallest absolute Gasteiger partial charge is 0.245 e. The van der Waals surface area contributed by atoms with Crippen LogP contribution in [0.4, 0.5) is 5.69 Å². The third kappa shape index (κ3) is 2.99. The highest BCUT2D eigenvalue weighted by Gasteiger charge is 2.34. The number of piperidine rings is 1. The molecule has 1 heterocycles. The second-order valence-electron chi connectivity index (χ2n) is 5.63.